The minimum atomic E-state index is -0.307. The molecule has 0 aliphatic carbocycles. The van der Waals surface area contributed by atoms with E-state index in [9.17, 15) is 9.50 Å². The Morgan fingerprint density at radius 2 is 1.90 bits per heavy atom. The number of aromatic nitrogens is 3. The Morgan fingerprint density at radius 3 is 2.57 bits per heavy atom. The van der Waals surface area contributed by atoms with Gasteiger partial charge in [0.25, 0.3) is 0 Å². The maximum Gasteiger partial charge on any atom is 0.123 e. The third-order valence-corrected chi connectivity index (χ3v) is 3.25. The zero-order valence-electron chi connectivity index (χ0n) is 11.5. The van der Waals surface area contributed by atoms with E-state index in [-0.39, 0.29) is 12.4 Å². The summed E-state index contributed by atoms with van der Waals surface area (Å²) in [5.41, 5.74) is 3.91. The first-order valence-electron chi connectivity index (χ1n) is 6.57. The van der Waals surface area contributed by atoms with Crippen LogP contribution in [0.25, 0.3) is 16.9 Å². The van der Waals surface area contributed by atoms with Crippen LogP contribution in [0.3, 0.4) is 0 Å². The van der Waals surface area contributed by atoms with Crippen molar-refractivity contribution in [3.8, 4) is 16.9 Å². The lowest BCUT2D eigenvalue weighted by Gasteiger charge is -2.08. The summed E-state index contributed by atoms with van der Waals surface area (Å²) in [6.07, 6.45) is 0. The van der Waals surface area contributed by atoms with Crippen molar-refractivity contribution in [3.05, 3.63) is 65.6 Å². The number of aliphatic hydroxyl groups excluding tert-OH is 1. The van der Waals surface area contributed by atoms with Crippen molar-refractivity contribution >= 4 is 0 Å². The Hall–Kier alpha value is -2.53. The molecule has 0 fully saturated rings. The van der Waals surface area contributed by atoms with E-state index < -0.39 is 0 Å². The van der Waals surface area contributed by atoms with Crippen LogP contribution in [0.1, 0.15) is 11.3 Å². The topological polar surface area (TPSA) is 50.9 Å². The standard InChI is InChI=1S/C16H14FN3O/c1-11-3-2-4-12(9-11)16-15(10-21)18-19-20(16)14-7-5-13(17)6-8-14/h2-9,21H,10H2,1H3. The van der Waals surface area contributed by atoms with Crippen LogP contribution < -0.4 is 0 Å². The summed E-state index contributed by atoms with van der Waals surface area (Å²) in [4.78, 5) is 0. The van der Waals surface area contributed by atoms with Gasteiger partial charge in [0.1, 0.15) is 17.2 Å². The monoisotopic (exact) mass is 283 g/mol. The quantitative estimate of drug-likeness (QED) is 0.804. The molecule has 2 aromatic carbocycles. The van der Waals surface area contributed by atoms with Crippen molar-refractivity contribution in [3.63, 3.8) is 0 Å². The number of rotatable bonds is 3. The maximum atomic E-state index is 13.1. The van der Waals surface area contributed by atoms with Gasteiger partial charge in [-0.3, -0.25) is 0 Å². The Bertz CT molecular complexity index is 765. The van der Waals surface area contributed by atoms with Gasteiger partial charge in [0.05, 0.1) is 12.3 Å². The molecule has 0 unspecified atom stereocenters. The first-order valence-corrected chi connectivity index (χ1v) is 6.57. The normalized spacial score (nSPS) is 10.8. The molecule has 5 heteroatoms. The first-order chi connectivity index (χ1) is 10.2. The molecular weight excluding hydrogens is 269 g/mol. The fourth-order valence-corrected chi connectivity index (χ4v) is 2.26. The molecule has 1 N–H and O–H groups in total. The molecule has 0 atom stereocenters. The van der Waals surface area contributed by atoms with E-state index in [1.807, 2.05) is 31.2 Å². The number of benzene rings is 2. The summed E-state index contributed by atoms with van der Waals surface area (Å²) in [5, 5.41) is 17.6. The fraction of sp³-hybridized carbons (Fsp3) is 0.125. The summed E-state index contributed by atoms with van der Waals surface area (Å²) in [5.74, 6) is -0.307. The Morgan fingerprint density at radius 1 is 1.14 bits per heavy atom. The van der Waals surface area contributed by atoms with E-state index in [1.165, 1.54) is 12.1 Å². The van der Waals surface area contributed by atoms with Gasteiger partial charge in [0.2, 0.25) is 0 Å². The van der Waals surface area contributed by atoms with Crippen LogP contribution in [-0.2, 0) is 6.61 Å². The van der Waals surface area contributed by atoms with Gasteiger partial charge in [-0.15, -0.1) is 5.10 Å². The summed E-state index contributed by atoms with van der Waals surface area (Å²) in [6.45, 7) is 1.79. The predicted molar refractivity (Wildman–Crippen MR) is 77.4 cm³/mol. The van der Waals surface area contributed by atoms with E-state index in [1.54, 1.807) is 16.8 Å². The minimum Gasteiger partial charge on any atom is -0.390 e. The van der Waals surface area contributed by atoms with E-state index >= 15 is 0 Å². The van der Waals surface area contributed by atoms with Crippen LogP contribution in [0.15, 0.2) is 48.5 Å². The molecule has 0 aliphatic rings. The molecule has 3 aromatic rings. The SMILES string of the molecule is Cc1cccc(-c2c(CO)nnn2-c2ccc(F)cc2)c1. The van der Waals surface area contributed by atoms with Crippen molar-refractivity contribution in [2.24, 2.45) is 0 Å². The zero-order chi connectivity index (χ0) is 14.8. The highest BCUT2D eigenvalue weighted by molar-refractivity contribution is 5.65. The van der Waals surface area contributed by atoms with Gasteiger partial charge >= 0.3 is 0 Å². The molecule has 0 amide bonds. The number of aliphatic hydroxyl groups is 1. The predicted octanol–water partition coefficient (Wildman–Crippen LogP) is 2.87. The maximum absolute atomic E-state index is 13.1. The lowest BCUT2D eigenvalue weighted by atomic mass is 10.1. The van der Waals surface area contributed by atoms with Gasteiger partial charge in [-0.1, -0.05) is 29.0 Å². The lowest BCUT2D eigenvalue weighted by molar-refractivity contribution is 0.277. The van der Waals surface area contributed by atoms with Gasteiger partial charge in [-0.05, 0) is 37.3 Å². The van der Waals surface area contributed by atoms with Crippen LogP contribution in [0.2, 0.25) is 0 Å². The molecule has 0 radical (unpaired) electrons. The molecule has 3 rings (SSSR count). The highest BCUT2D eigenvalue weighted by Gasteiger charge is 2.15. The van der Waals surface area contributed by atoms with Crippen molar-refractivity contribution in [1.29, 1.82) is 0 Å². The van der Waals surface area contributed by atoms with Gasteiger partial charge < -0.3 is 5.11 Å². The van der Waals surface area contributed by atoms with E-state index in [2.05, 4.69) is 10.3 Å². The van der Waals surface area contributed by atoms with Crippen molar-refractivity contribution in [2.45, 2.75) is 13.5 Å². The highest BCUT2D eigenvalue weighted by Crippen LogP contribution is 2.26. The van der Waals surface area contributed by atoms with Crippen molar-refractivity contribution in [1.82, 2.24) is 15.0 Å². The summed E-state index contributed by atoms with van der Waals surface area (Å²) >= 11 is 0. The van der Waals surface area contributed by atoms with Crippen LogP contribution in [0.5, 0.6) is 0 Å². The molecule has 1 heterocycles. The highest BCUT2D eigenvalue weighted by atomic mass is 19.1. The first kappa shape index (κ1) is 13.5. The smallest absolute Gasteiger partial charge is 0.123 e. The molecule has 0 saturated heterocycles. The molecule has 106 valence electrons. The summed E-state index contributed by atoms with van der Waals surface area (Å²) in [7, 11) is 0. The van der Waals surface area contributed by atoms with Crippen molar-refractivity contribution in [2.75, 3.05) is 0 Å². The summed E-state index contributed by atoms with van der Waals surface area (Å²) in [6, 6.07) is 13.9. The van der Waals surface area contributed by atoms with Gasteiger partial charge in [-0.25, -0.2) is 9.07 Å². The van der Waals surface area contributed by atoms with Crippen LogP contribution in [0, 0.1) is 12.7 Å². The molecular formula is C16H14FN3O. The third-order valence-electron chi connectivity index (χ3n) is 3.25. The molecule has 1 aromatic heterocycles. The van der Waals surface area contributed by atoms with Crippen LogP contribution in [0.4, 0.5) is 4.39 Å². The minimum absolute atomic E-state index is 0.204. The number of hydrogen-bond acceptors (Lipinski definition) is 3. The fourth-order valence-electron chi connectivity index (χ4n) is 2.26. The largest absolute Gasteiger partial charge is 0.390 e. The second-order valence-corrected chi connectivity index (χ2v) is 4.80. The average molecular weight is 283 g/mol. The molecule has 0 bridgehead atoms. The number of nitrogens with zero attached hydrogens (tertiary/aromatic N) is 3. The second kappa shape index (κ2) is 5.46. The average Bonchev–Trinajstić information content (AvgIpc) is 2.92. The van der Waals surface area contributed by atoms with Gasteiger partial charge in [0.15, 0.2) is 0 Å². The zero-order valence-corrected chi connectivity index (χ0v) is 11.5. The molecule has 4 nitrogen and oxygen atoms in total. The van der Waals surface area contributed by atoms with E-state index in [4.69, 9.17) is 0 Å². The second-order valence-electron chi connectivity index (χ2n) is 4.80. The molecule has 0 aliphatic heterocycles. The van der Waals surface area contributed by atoms with Gasteiger partial charge in [-0.2, -0.15) is 0 Å². The molecule has 0 spiro atoms. The molecule has 0 saturated carbocycles. The summed E-state index contributed by atoms with van der Waals surface area (Å²) < 4.78 is 14.7. The van der Waals surface area contributed by atoms with Crippen LogP contribution >= 0.6 is 0 Å². The third kappa shape index (κ3) is 2.55. The number of halogens is 1. The Labute approximate surface area is 121 Å². The van der Waals surface area contributed by atoms with E-state index in [0.717, 1.165) is 11.1 Å². The lowest BCUT2D eigenvalue weighted by Crippen LogP contribution is -2.00. The van der Waals surface area contributed by atoms with Gasteiger partial charge in [0, 0.05) is 5.56 Å². The van der Waals surface area contributed by atoms with Crippen LogP contribution in [-0.4, -0.2) is 20.1 Å². The Kier molecular flexibility index (Phi) is 3.50. The van der Waals surface area contributed by atoms with E-state index in [0.29, 0.717) is 17.1 Å². The number of aryl methyl sites for hydroxylation is 1. The number of hydrogen-bond donors (Lipinski definition) is 1. The molecule has 21 heavy (non-hydrogen) atoms. The van der Waals surface area contributed by atoms with Crippen molar-refractivity contribution < 1.29 is 9.50 Å². The Balaban J connectivity index is 2.19.